The molecular weight excluding hydrogens is 819 g/mol. The van der Waals surface area contributed by atoms with Gasteiger partial charge in [-0.15, -0.1) is 0 Å². The van der Waals surface area contributed by atoms with Crippen LogP contribution < -0.4 is 5.32 Å². The van der Waals surface area contributed by atoms with Gasteiger partial charge in [0.1, 0.15) is 23.2 Å². The number of benzene rings is 10. The Balaban J connectivity index is 1.05. The minimum atomic E-state index is -0.472. The van der Waals surface area contributed by atoms with Gasteiger partial charge in [-0.2, -0.15) is 0 Å². The second-order valence-corrected chi connectivity index (χ2v) is 17.4. The normalized spacial score (nSPS) is 14.1. The molecule has 6 nitrogen and oxygen atoms in total. The van der Waals surface area contributed by atoms with E-state index < -0.39 is 6.17 Å². The highest BCUT2D eigenvalue weighted by atomic mass is 16.3. The van der Waals surface area contributed by atoms with E-state index in [1.807, 2.05) is 6.07 Å². The summed E-state index contributed by atoms with van der Waals surface area (Å²) in [4.78, 5) is 11.2. The first kappa shape index (κ1) is 37.4. The van der Waals surface area contributed by atoms with Crippen molar-refractivity contribution in [1.29, 1.82) is 0 Å². The zero-order chi connectivity index (χ0) is 44.0. The van der Waals surface area contributed by atoms with Crippen molar-refractivity contribution in [3.63, 3.8) is 0 Å². The summed E-state index contributed by atoms with van der Waals surface area (Å²) < 4.78 is 11.6. The smallest absolute Gasteiger partial charge is 0.160 e. The molecule has 0 spiro atoms. The molecule has 14 rings (SSSR count). The fourth-order valence-corrected chi connectivity index (χ4v) is 10.5. The Bertz CT molecular complexity index is 4190. The van der Waals surface area contributed by atoms with Crippen molar-refractivity contribution >= 4 is 88.0 Å². The molecule has 0 radical (unpaired) electrons. The number of rotatable bonds is 6. The highest BCUT2D eigenvalue weighted by molar-refractivity contribution is 6.26. The van der Waals surface area contributed by atoms with E-state index in [2.05, 4.69) is 233 Å². The summed E-state index contributed by atoms with van der Waals surface area (Å²) in [6.07, 6.45) is -0.472. The standard InChI is InChI=1S/C61H39N5O/c1-3-17-38(18-4-1)39-21-15-22-42(33-39)59-62-60(48-28-16-31-53-57(48)46-26-10-13-30-52(46)65(53)43-23-5-2-6-24-43)64-61(63-59)50-36-44(37-56-58(50)47-27-11-14-32-55(47)67-56)66-51-29-12-9-25-45(51)49-34-40-19-7-8-20-41(40)35-54(49)66/h1-37,59H,(H,62,63,64). The molecule has 6 heteroatoms. The van der Waals surface area contributed by atoms with Crippen LogP contribution in [0.4, 0.5) is 0 Å². The molecule has 0 bridgehead atoms. The number of nitrogens with one attached hydrogen (secondary N) is 1. The lowest BCUT2D eigenvalue weighted by atomic mass is 10.00. The second-order valence-electron chi connectivity index (χ2n) is 17.4. The van der Waals surface area contributed by atoms with Crippen LogP contribution in [0.3, 0.4) is 0 Å². The molecule has 1 unspecified atom stereocenters. The van der Waals surface area contributed by atoms with E-state index in [0.29, 0.717) is 11.7 Å². The quantitative estimate of drug-likeness (QED) is 0.181. The van der Waals surface area contributed by atoms with E-state index in [4.69, 9.17) is 14.4 Å². The summed E-state index contributed by atoms with van der Waals surface area (Å²) in [5.41, 5.74) is 13.3. The van der Waals surface area contributed by atoms with Crippen LogP contribution in [0.1, 0.15) is 22.9 Å². The maximum absolute atomic E-state index is 6.83. The SMILES string of the molecule is c1ccc(-c2cccc(C3N=C(c4cccc5c4c4ccccc4n5-c4ccccc4)N=C(c4cc(-n5c6ccccc6c6cc7ccccc7cc65)cc5oc6ccccc6c45)N3)c2)cc1. The Labute approximate surface area is 385 Å². The molecule has 4 heterocycles. The molecule has 0 fully saturated rings. The molecule has 1 aliphatic rings. The van der Waals surface area contributed by atoms with Gasteiger partial charge < -0.3 is 18.9 Å². The first-order chi connectivity index (χ1) is 33.2. The number of fused-ring (bicyclic) bond motifs is 10. The third-order valence-corrected chi connectivity index (χ3v) is 13.5. The average molecular weight is 858 g/mol. The number of aliphatic imine (C=N–C) groups is 2. The minimum absolute atomic E-state index is 0.472. The molecule has 0 aliphatic carbocycles. The number of para-hydroxylation sites is 4. The minimum Gasteiger partial charge on any atom is -0.456 e. The topological polar surface area (TPSA) is 59.8 Å². The molecule has 13 aromatic rings. The van der Waals surface area contributed by atoms with Crippen LogP contribution in [0.5, 0.6) is 0 Å². The number of furan rings is 1. The van der Waals surface area contributed by atoms with Crippen LogP contribution in [-0.4, -0.2) is 20.8 Å². The third kappa shape index (κ3) is 5.90. The van der Waals surface area contributed by atoms with Gasteiger partial charge in [0, 0.05) is 55.2 Å². The van der Waals surface area contributed by atoms with Gasteiger partial charge in [0.05, 0.1) is 27.8 Å². The van der Waals surface area contributed by atoms with Crippen LogP contribution in [0.15, 0.2) is 239 Å². The summed E-state index contributed by atoms with van der Waals surface area (Å²) in [6.45, 7) is 0. The van der Waals surface area contributed by atoms with Gasteiger partial charge in [0.15, 0.2) is 5.84 Å². The van der Waals surface area contributed by atoms with Crippen LogP contribution in [0.2, 0.25) is 0 Å². The van der Waals surface area contributed by atoms with Crippen molar-refractivity contribution in [3.05, 3.63) is 241 Å². The third-order valence-electron chi connectivity index (χ3n) is 13.5. The van der Waals surface area contributed by atoms with Crippen molar-refractivity contribution in [2.45, 2.75) is 6.17 Å². The van der Waals surface area contributed by atoms with Crippen molar-refractivity contribution in [2.24, 2.45) is 9.98 Å². The molecule has 3 aromatic heterocycles. The maximum atomic E-state index is 6.83. The highest BCUT2D eigenvalue weighted by Crippen LogP contribution is 2.41. The molecular formula is C61H39N5O. The number of amidine groups is 2. The lowest BCUT2D eigenvalue weighted by molar-refractivity contribution is 0.667. The molecule has 0 saturated carbocycles. The number of hydrogen-bond acceptors (Lipinski definition) is 4. The Hall–Kier alpha value is -9.00. The number of nitrogens with zero attached hydrogens (tertiary/aromatic N) is 4. The molecule has 314 valence electrons. The van der Waals surface area contributed by atoms with Crippen LogP contribution >= 0.6 is 0 Å². The van der Waals surface area contributed by atoms with E-state index in [0.717, 1.165) is 94.0 Å². The Morgan fingerprint density at radius 3 is 1.88 bits per heavy atom. The zero-order valence-electron chi connectivity index (χ0n) is 36.1. The van der Waals surface area contributed by atoms with E-state index in [1.165, 1.54) is 21.5 Å². The van der Waals surface area contributed by atoms with Crippen molar-refractivity contribution in [1.82, 2.24) is 14.5 Å². The molecule has 10 aromatic carbocycles. The van der Waals surface area contributed by atoms with E-state index in [-0.39, 0.29) is 0 Å². The second kappa shape index (κ2) is 14.8. The fourth-order valence-electron chi connectivity index (χ4n) is 10.5. The Kier molecular flexibility index (Phi) is 8.24. The Morgan fingerprint density at radius 1 is 0.403 bits per heavy atom. The van der Waals surface area contributed by atoms with Gasteiger partial charge in [0.25, 0.3) is 0 Å². The number of aromatic nitrogens is 2. The first-order valence-corrected chi connectivity index (χ1v) is 22.8. The van der Waals surface area contributed by atoms with E-state index in [1.54, 1.807) is 0 Å². The molecule has 67 heavy (non-hydrogen) atoms. The van der Waals surface area contributed by atoms with Gasteiger partial charge in [-0.1, -0.05) is 158 Å². The summed E-state index contributed by atoms with van der Waals surface area (Å²) in [7, 11) is 0. The first-order valence-electron chi connectivity index (χ1n) is 22.8. The zero-order valence-corrected chi connectivity index (χ0v) is 36.1. The van der Waals surface area contributed by atoms with Gasteiger partial charge in [-0.3, -0.25) is 0 Å². The van der Waals surface area contributed by atoms with Crippen LogP contribution in [0.25, 0.3) is 98.8 Å². The van der Waals surface area contributed by atoms with E-state index in [9.17, 15) is 0 Å². The lowest BCUT2D eigenvalue weighted by Gasteiger charge is -2.25. The van der Waals surface area contributed by atoms with Gasteiger partial charge in [-0.05, 0) is 88.1 Å². The highest BCUT2D eigenvalue weighted by Gasteiger charge is 2.28. The summed E-state index contributed by atoms with van der Waals surface area (Å²) in [6, 6.07) is 79.7. The summed E-state index contributed by atoms with van der Waals surface area (Å²) in [5, 5.41) is 13.0. The van der Waals surface area contributed by atoms with Crippen molar-refractivity contribution in [2.75, 3.05) is 0 Å². The average Bonchev–Trinajstić information content (AvgIpc) is 4.05. The monoisotopic (exact) mass is 857 g/mol. The lowest BCUT2D eigenvalue weighted by Crippen LogP contribution is -2.34. The summed E-state index contributed by atoms with van der Waals surface area (Å²) in [5.74, 6) is 1.37. The molecule has 0 amide bonds. The van der Waals surface area contributed by atoms with E-state index >= 15 is 0 Å². The molecule has 0 saturated heterocycles. The maximum Gasteiger partial charge on any atom is 0.160 e. The van der Waals surface area contributed by atoms with Crippen LogP contribution in [0, 0.1) is 0 Å². The number of hydrogen-bond donors (Lipinski definition) is 1. The molecule has 1 aliphatic heterocycles. The fraction of sp³-hybridized carbons (Fsp3) is 0.0164. The van der Waals surface area contributed by atoms with Gasteiger partial charge >= 0.3 is 0 Å². The predicted molar refractivity (Wildman–Crippen MR) is 277 cm³/mol. The van der Waals surface area contributed by atoms with Crippen molar-refractivity contribution < 1.29 is 4.42 Å². The molecule has 1 N–H and O–H groups in total. The van der Waals surface area contributed by atoms with Crippen molar-refractivity contribution in [3.8, 4) is 22.5 Å². The largest absolute Gasteiger partial charge is 0.456 e. The van der Waals surface area contributed by atoms with Crippen LogP contribution in [-0.2, 0) is 0 Å². The van der Waals surface area contributed by atoms with Gasteiger partial charge in [0.2, 0.25) is 0 Å². The van der Waals surface area contributed by atoms with Gasteiger partial charge in [-0.25, -0.2) is 9.98 Å². The molecule has 1 atom stereocenters. The summed E-state index contributed by atoms with van der Waals surface area (Å²) >= 11 is 0. The Morgan fingerprint density at radius 2 is 1.04 bits per heavy atom. The predicted octanol–water partition coefficient (Wildman–Crippen LogP) is 15.1.